The fourth-order valence-electron chi connectivity index (χ4n) is 4.79. The highest BCUT2D eigenvalue weighted by atomic mass is 19.1. The summed E-state index contributed by atoms with van der Waals surface area (Å²) in [6.07, 6.45) is 10.5. The summed E-state index contributed by atoms with van der Waals surface area (Å²) < 4.78 is 13.7. The van der Waals surface area contributed by atoms with Crippen molar-refractivity contribution in [2.45, 2.75) is 12.0 Å². The van der Waals surface area contributed by atoms with Crippen LogP contribution in [0.2, 0.25) is 0 Å². The summed E-state index contributed by atoms with van der Waals surface area (Å²) in [5, 5.41) is 9.62. The molecular formula is C28H30FN5O2. The first-order valence-corrected chi connectivity index (χ1v) is 12.2. The van der Waals surface area contributed by atoms with Crippen LogP contribution in [0.1, 0.15) is 12.0 Å². The number of benzene rings is 2. The normalized spacial score (nSPS) is 22.4. The topological polar surface area (TPSA) is 76.7 Å². The largest absolute Gasteiger partial charge is 0.372 e. The average Bonchev–Trinajstić information content (AvgIpc) is 3.18. The van der Waals surface area contributed by atoms with Crippen molar-refractivity contribution in [2.75, 3.05) is 55.3 Å². The second-order valence-corrected chi connectivity index (χ2v) is 9.38. The zero-order valence-corrected chi connectivity index (χ0v) is 20.3. The second kappa shape index (κ2) is 10.1. The van der Waals surface area contributed by atoms with Crippen molar-refractivity contribution >= 4 is 34.4 Å². The quantitative estimate of drug-likeness (QED) is 0.545. The Morgan fingerprint density at radius 3 is 2.67 bits per heavy atom. The molecule has 2 aromatic carbocycles. The summed E-state index contributed by atoms with van der Waals surface area (Å²) in [4.78, 5) is 29.3. The minimum atomic E-state index is -0.636. The third kappa shape index (κ3) is 5.10. The van der Waals surface area contributed by atoms with Gasteiger partial charge in [-0.15, -0.1) is 0 Å². The highest BCUT2D eigenvalue weighted by Gasteiger charge is 2.31. The molecule has 2 aliphatic heterocycles. The summed E-state index contributed by atoms with van der Waals surface area (Å²) >= 11 is 0. The number of hydrogen-bond donors (Lipinski definition) is 3. The Bertz CT molecular complexity index is 1250. The van der Waals surface area contributed by atoms with Gasteiger partial charge in [0.05, 0.1) is 17.8 Å². The third-order valence-electron chi connectivity index (χ3n) is 6.84. The van der Waals surface area contributed by atoms with Gasteiger partial charge in [-0.25, -0.2) is 4.39 Å². The number of carbonyl (C=O) groups is 2. The lowest BCUT2D eigenvalue weighted by Gasteiger charge is -2.31. The van der Waals surface area contributed by atoms with Crippen LogP contribution in [-0.2, 0) is 9.59 Å². The van der Waals surface area contributed by atoms with E-state index in [4.69, 9.17) is 0 Å². The van der Waals surface area contributed by atoms with E-state index in [1.165, 1.54) is 12.1 Å². The van der Waals surface area contributed by atoms with Crippen LogP contribution in [-0.4, -0.2) is 62.0 Å². The lowest BCUT2D eigenvalue weighted by Crippen LogP contribution is -2.47. The Balaban J connectivity index is 1.34. The summed E-state index contributed by atoms with van der Waals surface area (Å²) in [5.74, 6) is -0.582. The van der Waals surface area contributed by atoms with E-state index in [9.17, 15) is 14.0 Å². The molecule has 186 valence electrons. The van der Waals surface area contributed by atoms with Gasteiger partial charge in [-0.3, -0.25) is 14.5 Å². The number of halogens is 1. The van der Waals surface area contributed by atoms with Gasteiger partial charge in [0.1, 0.15) is 5.82 Å². The summed E-state index contributed by atoms with van der Waals surface area (Å²) in [6.45, 7) is 3.96. The molecule has 1 aliphatic carbocycles. The number of allylic oxidation sites excluding steroid dienone is 2. The van der Waals surface area contributed by atoms with E-state index in [2.05, 4.69) is 20.9 Å². The van der Waals surface area contributed by atoms with E-state index in [-0.39, 0.29) is 17.6 Å². The highest BCUT2D eigenvalue weighted by molar-refractivity contribution is 6.31. The average molecular weight is 488 g/mol. The maximum atomic E-state index is 13.7. The summed E-state index contributed by atoms with van der Waals surface area (Å²) in [6, 6.07) is 12.0. The molecule has 1 fully saturated rings. The molecule has 7 nitrogen and oxygen atoms in total. The van der Waals surface area contributed by atoms with Gasteiger partial charge in [-0.1, -0.05) is 24.3 Å². The van der Waals surface area contributed by atoms with Crippen molar-refractivity contribution < 1.29 is 14.0 Å². The smallest absolute Gasteiger partial charge is 0.256 e. The Morgan fingerprint density at radius 2 is 1.94 bits per heavy atom. The van der Waals surface area contributed by atoms with E-state index in [0.29, 0.717) is 29.8 Å². The first-order chi connectivity index (χ1) is 17.4. The molecule has 36 heavy (non-hydrogen) atoms. The molecule has 3 N–H and O–H groups in total. The molecule has 0 spiro atoms. The molecule has 1 atom stereocenters. The summed E-state index contributed by atoms with van der Waals surface area (Å²) in [7, 11) is 1.80. The van der Waals surface area contributed by atoms with Gasteiger partial charge in [0.2, 0.25) is 5.91 Å². The van der Waals surface area contributed by atoms with Gasteiger partial charge in [0, 0.05) is 55.7 Å². The number of rotatable bonds is 6. The van der Waals surface area contributed by atoms with Crippen molar-refractivity contribution in [1.82, 2.24) is 10.2 Å². The molecule has 0 aromatic heterocycles. The maximum Gasteiger partial charge on any atom is 0.256 e. The molecule has 2 aromatic rings. The molecule has 2 heterocycles. The highest BCUT2D eigenvalue weighted by Crippen LogP contribution is 2.36. The lowest BCUT2D eigenvalue weighted by molar-refractivity contribution is -0.119. The SMILES string of the molecule is CN(C(=O)CN1CCNCC1)c1ccc(NC2(/C=C3\C(=O)Nc4cc(F)ccc43)C=CC=CC2)cc1. The van der Waals surface area contributed by atoms with Gasteiger partial charge in [-0.2, -0.15) is 0 Å². The van der Waals surface area contributed by atoms with Crippen molar-refractivity contribution in [3.8, 4) is 0 Å². The Kier molecular flexibility index (Phi) is 6.71. The maximum absolute atomic E-state index is 13.7. The molecule has 0 bridgehead atoms. The van der Waals surface area contributed by atoms with E-state index in [1.54, 1.807) is 18.0 Å². The predicted molar refractivity (Wildman–Crippen MR) is 141 cm³/mol. The molecule has 8 heteroatoms. The number of likely N-dealkylation sites (N-methyl/N-ethyl adjacent to an activating group) is 1. The van der Waals surface area contributed by atoms with Crippen LogP contribution in [0.5, 0.6) is 0 Å². The Hall–Kier alpha value is -3.75. The summed E-state index contributed by atoms with van der Waals surface area (Å²) in [5.41, 5.74) is 2.71. The molecule has 5 rings (SSSR count). The number of nitrogens with one attached hydrogen (secondary N) is 3. The van der Waals surface area contributed by atoms with Crippen LogP contribution in [0, 0.1) is 5.82 Å². The van der Waals surface area contributed by atoms with Crippen LogP contribution in [0.4, 0.5) is 21.5 Å². The molecule has 0 saturated carbocycles. The minimum absolute atomic E-state index is 0.0570. The van der Waals surface area contributed by atoms with Crippen LogP contribution < -0.4 is 20.9 Å². The zero-order valence-electron chi connectivity index (χ0n) is 20.3. The van der Waals surface area contributed by atoms with Gasteiger partial charge in [0.25, 0.3) is 5.91 Å². The number of nitrogens with zero attached hydrogens (tertiary/aromatic N) is 2. The van der Waals surface area contributed by atoms with Crippen LogP contribution in [0.15, 0.2) is 72.8 Å². The Morgan fingerprint density at radius 1 is 1.17 bits per heavy atom. The van der Waals surface area contributed by atoms with E-state index >= 15 is 0 Å². The van der Waals surface area contributed by atoms with Gasteiger partial charge >= 0.3 is 0 Å². The number of carbonyl (C=O) groups excluding carboxylic acids is 2. The van der Waals surface area contributed by atoms with Crippen molar-refractivity contribution in [3.63, 3.8) is 0 Å². The number of amides is 2. The monoisotopic (exact) mass is 487 g/mol. The van der Waals surface area contributed by atoms with Crippen molar-refractivity contribution in [2.24, 2.45) is 0 Å². The van der Waals surface area contributed by atoms with Crippen LogP contribution in [0.3, 0.4) is 0 Å². The number of piperazine rings is 1. The molecule has 1 unspecified atom stereocenters. The Labute approximate surface area is 210 Å². The predicted octanol–water partition coefficient (Wildman–Crippen LogP) is 3.40. The fraction of sp³-hybridized carbons (Fsp3) is 0.286. The number of fused-ring (bicyclic) bond motifs is 1. The van der Waals surface area contributed by atoms with Gasteiger partial charge in [0.15, 0.2) is 0 Å². The number of anilines is 3. The molecule has 0 radical (unpaired) electrons. The van der Waals surface area contributed by atoms with Gasteiger partial charge < -0.3 is 20.9 Å². The van der Waals surface area contributed by atoms with Crippen molar-refractivity contribution in [3.05, 3.63) is 84.2 Å². The lowest BCUT2D eigenvalue weighted by atomic mass is 9.87. The first kappa shape index (κ1) is 24.0. The molecular weight excluding hydrogens is 457 g/mol. The molecule has 1 saturated heterocycles. The zero-order chi connectivity index (χ0) is 25.1. The van der Waals surface area contributed by atoms with E-state index in [1.807, 2.05) is 54.6 Å². The van der Waals surface area contributed by atoms with Crippen molar-refractivity contribution in [1.29, 1.82) is 0 Å². The second-order valence-electron chi connectivity index (χ2n) is 9.38. The molecule has 2 amide bonds. The standard InChI is InChI=1S/C28H30FN5O2/c1-33(26(35)19-34-15-13-30-14-16-34)22-8-6-21(7-9-22)32-28(11-3-2-4-12-28)18-24-23-10-5-20(29)17-25(23)31-27(24)36/h2-11,17-18,30,32H,12-16,19H2,1H3,(H,31,36)/b24-18-. The van der Waals surface area contributed by atoms with Crippen LogP contribution in [0.25, 0.3) is 5.57 Å². The van der Waals surface area contributed by atoms with E-state index < -0.39 is 5.54 Å². The minimum Gasteiger partial charge on any atom is -0.372 e. The van der Waals surface area contributed by atoms with Crippen LogP contribution >= 0.6 is 0 Å². The fourth-order valence-corrected chi connectivity index (χ4v) is 4.79. The van der Waals surface area contributed by atoms with E-state index in [0.717, 1.165) is 37.6 Å². The molecule has 3 aliphatic rings. The number of hydrogen-bond acceptors (Lipinski definition) is 5. The first-order valence-electron chi connectivity index (χ1n) is 12.2. The third-order valence-corrected chi connectivity index (χ3v) is 6.84. The van der Waals surface area contributed by atoms with Gasteiger partial charge in [-0.05, 0) is 55.0 Å².